The fourth-order valence-electron chi connectivity index (χ4n) is 1.91. The molecule has 0 radical (unpaired) electrons. The van der Waals surface area contributed by atoms with Gasteiger partial charge in [-0.1, -0.05) is 13.0 Å². The molecule has 2 rings (SSSR count). The molecular formula is C15H16N2S. The summed E-state index contributed by atoms with van der Waals surface area (Å²) >= 11 is 1.77. The lowest BCUT2D eigenvalue weighted by Crippen LogP contribution is -2.01. The summed E-state index contributed by atoms with van der Waals surface area (Å²) in [6, 6.07) is 10.3. The summed E-state index contributed by atoms with van der Waals surface area (Å²) in [4.78, 5) is 1.35. The van der Waals surface area contributed by atoms with Crippen LogP contribution in [-0.4, -0.2) is 0 Å². The van der Waals surface area contributed by atoms with Crippen LogP contribution in [0, 0.1) is 18.3 Å². The van der Waals surface area contributed by atoms with E-state index in [1.54, 1.807) is 11.3 Å². The molecule has 2 nitrogen and oxygen atoms in total. The maximum atomic E-state index is 9.08. The molecular weight excluding hydrogens is 240 g/mol. The zero-order valence-electron chi connectivity index (χ0n) is 10.7. The first-order valence-corrected chi connectivity index (χ1v) is 6.92. The number of benzene rings is 1. The Labute approximate surface area is 112 Å². The fourth-order valence-corrected chi connectivity index (χ4v) is 2.83. The van der Waals surface area contributed by atoms with Crippen LogP contribution < -0.4 is 5.32 Å². The number of thiophene rings is 1. The minimum absolute atomic E-state index is 0.704. The minimum Gasteiger partial charge on any atom is -0.379 e. The average Bonchev–Trinajstić information content (AvgIpc) is 2.84. The number of nitrogens with one attached hydrogen (secondary N) is 1. The van der Waals surface area contributed by atoms with E-state index in [2.05, 4.69) is 29.8 Å². The highest BCUT2D eigenvalue weighted by atomic mass is 32.1. The van der Waals surface area contributed by atoms with E-state index in [1.165, 1.54) is 16.0 Å². The van der Waals surface area contributed by atoms with Gasteiger partial charge in [-0.05, 0) is 48.1 Å². The van der Waals surface area contributed by atoms with E-state index in [0.29, 0.717) is 5.56 Å². The number of hydrogen-bond donors (Lipinski definition) is 1. The molecule has 92 valence electrons. The SMILES string of the molecule is CCc1ccsc1CNc1cc(C)ccc1C#N. The van der Waals surface area contributed by atoms with Gasteiger partial charge >= 0.3 is 0 Å². The Bertz CT molecular complexity index is 578. The van der Waals surface area contributed by atoms with Crippen LogP contribution >= 0.6 is 11.3 Å². The van der Waals surface area contributed by atoms with Gasteiger partial charge in [0.05, 0.1) is 11.3 Å². The van der Waals surface area contributed by atoms with Crippen LogP contribution in [0.1, 0.15) is 28.5 Å². The van der Waals surface area contributed by atoms with Gasteiger partial charge in [-0.15, -0.1) is 11.3 Å². The van der Waals surface area contributed by atoms with E-state index in [1.807, 2.05) is 25.1 Å². The standard InChI is InChI=1S/C15H16N2S/c1-3-12-6-7-18-15(12)10-17-14-8-11(2)4-5-13(14)9-16/h4-8,17H,3,10H2,1-2H3. The summed E-state index contributed by atoms with van der Waals surface area (Å²) in [5, 5.41) is 14.6. The molecule has 1 N–H and O–H groups in total. The summed E-state index contributed by atoms with van der Waals surface area (Å²) in [5.41, 5.74) is 4.18. The second kappa shape index (κ2) is 5.70. The van der Waals surface area contributed by atoms with Crippen molar-refractivity contribution in [3.8, 4) is 6.07 Å². The van der Waals surface area contributed by atoms with Crippen LogP contribution in [-0.2, 0) is 13.0 Å². The number of rotatable bonds is 4. The number of aryl methyl sites for hydroxylation is 2. The predicted octanol–water partition coefficient (Wildman–Crippen LogP) is 4.10. The highest BCUT2D eigenvalue weighted by Crippen LogP contribution is 2.21. The first kappa shape index (κ1) is 12.7. The zero-order valence-corrected chi connectivity index (χ0v) is 11.5. The Morgan fingerprint density at radius 2 is 2.17 bits per heavy atom. The van der Waals surface area contributed by atoms with E-state index in [9.17, 15) is 0 Å². The molecule has 0 spiro atoms. The van der Waals surface area contributed by atoms with Crippen LogP contribution in [0.2, 0.25) is 0 Å². The molecule has 0 saturated heterocycles. The monoisotopic (exact) mass is 256 g/mol. The van der Waals surface area contributed by atoms with E-state index >= 15 is 0 Å². The fraction of sp³-hybridized carbons (Fsp3) is 0.267. The van der Waals surface area contributed by atoms with Crippen molar-refractivity contribution in [3.05, 3.63) is 51.2 Å². The summed E-state index contributed by atoms with van der Waals surface area (Å²) in [6.07, 6.45) is 1.05. The third kappa shape index (κ3) is 2.72. The summed E-state index contributed by atoms with van der Waals surface area (Å²) in [7, 11) is 0. The normalized spacial score (nSPS) is 10.1. The Morgan fingerprint density at radius 3 is 2.89 bits per heavy atom. The number of nitrogens with zero attached hydrogens (tertiary/aromatic N) is 1. The minimum atomic E-state index is 0.704. The van der Waals surface area contributed by atoms with Crippen molar-refractivity contribution in [2.45, 2.75) is 26.8 Å². The third-order valence-corrected chi connectivity index (χ3v) is 3.92. The first-order valence-electron chi connectivity index (χ1n) is 6.04. The quantitative estimate of drug-likeness (QED) is 0.893. The molecule has 1 heterocycles. The van der Waals surface area contributed by atoms with Gasteiger partial charge in [0.1, 0.15) is 6.07 Å². The van der Waals surface area contributed by atoms with Gasteiger partial charge in [0, 0.05) is 11.4 Å². The van der Waals surface area contributed by atoms with Gasteiger partial charge in [0.15, 0.2) is 0 Å². The van der Waals surface area contributed by atoms with Gasteiger partial charge in [0.25, 0.3) is 0 Å². The van der Waals surface area contributed by atoms with Gasteiger partial charge in [-0.2, -0.15) is 5.26 Å². The van der Waals surface area contributed by atoms with Crippen LogP contribution in [0.4, 0.5) is 5.69 Å². The molecule has 1 aromatic heterocycles. The summed E-state index contributed by atoms with van der Waals surface area (Å²) in [6.45, 7) is 4.99. The van der Waals surface area contributed by atoms with Gasteiger partial charge < -0.3 is 5.32 Å². The van der Waals surface area contributed by atoms with Crippen molar-refractivity contribution in [1.82, 2.24) is 0 Å². The number of anilines is 1. The van der Waals surface area contributed by atoms with Crippen molar-refractivity contribution in [1.29, 1.82) is 5.26 Å². The summed E-state index contributed by atoms with van der Waals surface area (Å²) in [5.74, 6) is 0. The Hall–Kier alpha value is -1.79. The van der Waals surface area contributed by atoms with Crippen molar-refractivity contribution in [2.75, 3.05) is 5.32 Å². The van der Waals surface area contributed by atoms with E-state index in [0.717, 1.165) is 18.7 Å². The molecule has 0 fully saturated rings. The highest BCUT2D eigenvalue weighted by Gasteiger charge is 2.05. The first-order chi connectivity index (χ1) is 8.74. The van der Waals surface area contributed by atoms with E-state index in [-0.39, 0.29) is 0 Å². The largest absolute Gasteiger partial charge is 0.379 e. The predicted molar refractivity (Wildman–Crippen MR) is 76.9 cm³/mol. The lowest BCUT2D eigenvalue weighted by Gasteiger charge is -2.09. The van der Waals surface area contributed by atoms with Crippen molar-refractivity contribution in [2.24, 2.45) is 0 Å². The van der Waals surface area contributed by atoms with E-state index < -0.39 is 0 Å². The zero-order chi connectivity index (χ0) is 13.0. The molecule has 0 amide bonds. The van der Waals surface area contributed by atoms with Gasteiger partial charge in [-0.25, -0.2) is 0 Å². The van der Waals surface area contributed by atoms with Crippen molar-refractivity contribution < 1.29 is 0 Å². The molecule has 18 heavy (non-hydrogen) atoms. The highest BCUT2D eigenvalue weighted by molar-refractivity contribution is 7.10. The third-order valence-electron chi connectivity index (χ3n) is 2.95. The Morgan fingerprint density at radius 1 is 1.33 bits per heavy atom. The summed E-state index contributed by atoms with van der Waals surface area (Å²) < 4.78 is 0. The molecule has 0 aliphatic carbocycles. The van der Waals surface area contributed by atoms with Crippen LogP contribution in [0.5, 0.6) is 0 Å². The number of hydrogen-bond acceptors (Lipinski definition) is 3. The maximum Gasteiger partial charge on any atom is 0.101 e. The molecule has 0 saturated carbocycles. The maximum absolute atomic E-state index is 9.08. The lowest BCUT2D eigenvalue weighted by atomic mass is 10.1. The van der Waals surface area contributed by atoms with Crippen LogP contribution in [0.15, 0.2) is 29.6 Å². The smallest absolute Gasteiger partial charge is 0.101 e. The second-order valence-electron chi connectivity index (χ2n) is 4.24. The molecule has 1 aromatic carbocycles. The Balaban J connectivity index is 2.15. The molecule has 0 unspecified atom stereocenters. The van der Waals surface area contributed by atoms with E-state index in [4.69, 9.17) is 5.26 Å². The van der Waals surface area contributed by atoms with Crippen LogP contribution in [0.25, 0.3) is 0 Å². The lowest BCUT2D eigenvalue weighted by molar-refractivity contribution is 1.08. The van der Waals surface area contributed by atoms with Gasteiger partial charge in [0.2, 0.25) is 0 Å². The molecule has 3 heteroatoms. The second-order valence-corrected chi connectivity index (χ2v) is 5.24. The average molecular weight is 256 g/mol. The molecule has 2 aromatic rings. The molecule has 0 aliphatic rings. The van der Waals surface area contributed by atoms with Crippen LogP contribution in [0.3, 0.4) is 0 Å². The molecule has 0 atom stereocenters. The Kier molecular flexibility index (Phi) is 4.01. The van der Waals surface area contributed by atoms with Gasteiger partial charge in [-0.3, -0.25) is 0 Å². The van der Waals surface area contributed by atoms with Crippen molar-refractivity contribution in [3.63, 3.8) is 0 Å². The van der Waals surface area contributed by atoms with Crippen molar-refractivity contribution >= 4 is 17.0 Å². The molecule has 0 aliphatic heterocycles. The molecule has 0 bridgehead atoms. The topological polar surface area (TPSA) is 35.8 Å². The number of nitriles is 1.